The van der Waals surface area contributed by atoms with Crippen molar-refractivity contribution < 1.29 is 40.2 Å². The zero-order chi connectivity index (χ0) is 10.3. The Morgan fingerprint density at radius 2 is 0.923 bits per heavy atom. The van der Waals surface area contributed by atoms with Crippen molar-refractivity contribution >= 4 is 11.9 Å². The minimum Gasteiger partial charge on any atom is -0.550 e. The van der Waals surface area contributed by atoms with Gasteiger partial charge in [-0.15, -0.1) is 0 Å². The van der Waals surface area contributed by atoms with Crippen molar-refractivity contribution in [2.75, 3.05) is 0 Å². The molecular weight excluding hydrogens is 267 g/mol. The first-order valence-corrected chi connectivity index (χ1v) is 3.70. The van der Waals surface area contributed by atoms with E-state index >= 15 is 0 Å². The predicted molar refractivity (Wildman–Crippen MR) is 39.7 cm³/mol. The molecule has 0 aromatic heterocycles. The van der Waals surface area contributed by atoms with Gasteiger partial charge in [-0.1, -0.05) is 27.7 Å². The first-order chi connectivity index (χ1) is 5.29. The maximum atomic E-state index is 9.59. The number of rotatable bonds is 2. The van der Waals surface area contributed by atoms with E-state index in [-0.39, 0.29) is 32.3 Å². The normalized spacial score (nSPS) is 8.46. The SMILES string of the molecule is CC(C)C(=O)[O-].CC(C)C(=O)[O-].[Pd+2]. The number of hydrogen-bond donors (Lipinski definition) is 0. The largest absolute Gasteiger partial charge is 2.00 e. The van der Waals surface area contributed by atoms with Gasteiger partial charge in [-0.2, -0.15) is 0 Å². The molecule has 0 aromatic carbocycles. The summed E-state index contributed by atoms with van der Waals surface area (Å²) in [5, 5.41) is 19.2. The maximum Gasteiger partial charge on any atom is 2.00 e. The Morgan fingerprint density at radius 1 is 0.846 bits per heavy atom. The van der Waals surface area contributed by atoms with Gasteiger partial charge < -0.3 is 19.8 Å². The van der Waals surface area contributed by atoms with Crippen LogP contribution in [0.15, 0.2) is 0 Å². The molecule has 0 aliphatic carbocycles. The second kappa shape index (κ2) is 9.69. The van der Waals surface area contributed by atoms with Gasteiger partial charge in [0.15, 0.2) is 0 Å². The molecule has 0 saturated carbocycles. The van der Waals surface area contributed by atoms with E-state index in [1.165, 1.54) is 0 Å². The van der Waals surface area contributed by atoms with E-state index in [9.17, 15) is 19.8 Å². The zero-order valence-electron chi connectivity index (χ0n) is 8.10. The van der Waals surface area contributed by atoms with Crippen molar-refractivity contribution in [1.29, 1.82) is 0 Å². The van der Waals surface area contributed by atoms with Gasteiger partial charge in [-0.3, -0.25) is 0 Å². The Kier molecular flexibility index (Phi) is 13.7. The molecule has 80 valence electrons. The second-order valence-electron chi connectivity index (χ2n) is 2.95. The molecular formula is C8H14O4Pd. The average molecular weight is 281 g/mol. The molecule has 0 rings (SSSR count). The number of carboxylic acid groups (broad SMARTS) is 2. The molecule has 0 aliphatic heterocycles. The van der Waals surface area contributed by atoms with Crippen molar-refractivity contribution in [3.05, 3.63) is 0 Å². The Balaban J connectivity index is -0.000000143. The summed E-state index contributed by atoms with van der Waals surface area (Å²) >= 11 is 0. The molecule has 0 atom stereocenters. The predicted octanol–water partition coefficient (Wildman–Crippen LogP) is -1.22. The van der Waals surface area contributed by atoms with Crippen LogP contribution in [0.5, 0.6) is 0 Å². The Labute approximate surface area is 92.0 Å². The standard InChI is InChI=1S/2C4H8O2.Pd/c2*1-3(2)4(5)6;/h2*3H,1-2H3,(H,5,6);/q;;+2/p-2. The van der Waals surface area contributed by atoms with Crippen LogP contribution >= 0.6 is 0 Å². The van der Waals surface area contributed by atoms with Crippen LogP contribution in [0.3, 0.4) is 0 Å². The number of aliphatic carboxylic acids is 2. The van der Waals surface area contributed by atoms with E-state index in [0.717, 1.165) is 0 Å². The molecule has 0 radical (unpaired) electrons. The number of carbonyl (C=O) groups is 2. The smallest absolute Gasteiger partial charge is 0.550 e. The van der Waals surface area contributed by atoms with Gasteiger partial charge in [0.1, 0.15) is 0 Å². The van der Waals surface area contributed by atoms with Crippen LogP contribution in [0.1, 0.15) is 27.7 Å². The third-order valence-corrected chi connectivity index (χ3v) is 0.943. The summed E-state index contributed by atoms with van der Waals surface area (Å²) < 4.78 is 0. The van der Waals surface area contributed by atoms with Crippen molar-refractivity contribution in [1.82, 2.24) is 0 Å². The summed E-state index contributed by atoms with van der Waals surface area (Å²) in [6.07, 6.45) is 0. The van der Waals surface area contributed by atoms with Gasteiger partial charge in [0.25, 0.3) is 0 Å². The average Bonchev–Trinajstić information content (AvgIpc) is 1.88. The van der Waals surface area contributed by atoms with Crippen molar-refractivity contribution in [2.45, 2.75) is 27.7 Å². The minimum absolute atomic E-state index is 0. The molecule has 0 N–H and O–H groups in total. The van der Waals surface area contributed by atoms with Gasteiger partial charge >= 0.3 is 20.4 Å². The molecule has 0 saturated heterocycles. The molecule has 5 heteroatoms. The molecule has 0 spiro atoms. The molecule has 0 aliphatic rings. The van der Waals surface area contributed by atoms with Crippen molar-refractivity contribution in [3.8, 4) is 0 Å². The molecule has 13 heavy (non-hydrogen) atoms. The quantitative estimate of drug-likeness (QED) is 0.594. The first-order valence-electron chi connectivity index (χ1n) is 3.70. The summed E-state index contributed by atoms with van der Waals surface area (Å²) in [6.45, 7) is 6.31. The van der Waals surface area contributed by atoms with E-state index < -0.39 is 11.9 Å². The fraction of sp³-hybridized carbons (Fsp3) is 0.750. The number of carboxylic acids is 2. The van der Waals surface area contributed by atoms with Crippen LogP contribution in [0.2, 0.25) is 0 Å². The van der Waals surface area contributed by atoms with Crippen LogP contribution in [0.25, 0.3) is 0 Å². The van der Waals surface area contributed by atoms with Gasteiger partial charge in [0, 0.05) is 11.9 Å². The fourth-order valence-electron chi connectivity index (χ4n) is 0. The third-order valence-electron chi connectivity index (χ3n) is 0.943. The molecule has 4 nitrogen and oxygen atoms in total. The van der Waals surface area contributed by atoms with Gasteiger partial charge in [-0.05, 0) is 11.8 Å². The van der Waals surface area contributed by atoms with Crippen LogP contribution in [0, 0.1) is 11.8 Å². The van der Waals surface area contributed by atoms with Gasteiger partial charge in [0.05, 0.1) is 0 Å². The Bertz CT molecular complexity index is 136. The van der Waals surface area contributed by atoms with Crippen LogP contribution in [-0.4, -0.2) is 11.9 Å². The number of hydrogen-bond acceptors (Lipinski definition) is 4. The molecule has 0 aromatic rings. The fourth-order valence-corrected chi connectivity index (χ4v) is 0. The van der Waals surface area contributed by atoms with Crippen LogP contribution in [-0.2, 0) is 30.0 Å². The molecule has 0 amide bonds. The zero-order valence-corrected chi connectivity index (χ0v) is 9.66. The van der Waals surface area contributed by atoms with E-state index in [1.807, 2.05) is 0 Å². The topological polar surface area (TPSA) is 80.3 Å². The van der Waals surface area contributed by atoms with E-state index in [2.05, 4.69) is 0 Å². The monoisotopic (exact) mass is 280 g/mol. The van der Waals surface area contributed by atoms with E-state index in [4.69, 9.17) is 0 Å². The molecule has 0 bridgehead atoms. The molecule has 0 unspecified atom stereocenters. The van der Waals surface area contributed by atoms with Gasteiger partial charge in [-0.25, -0.2) is 0 Å². The maximum absolute atomic E-state index is 9.59. The summed E-state index contributed by atoms with van der Waals surface area (Å²) in [7, 11) is 0. The Hall–Kier alpha value is -0.398. The molecule has 0 heterocycles. The third kappa shape index (κ3) is 18.5. The summed E-state index contributed by atoms with van der Waals surface area (Å²) in [6, 6.07) is 0. The van der Waals surface area contributed by atoms with Crippen molar-refractivity contribution in [3.63, 3.8) is 0 Å². The minimum atomic E-state index is -0.991. The summed E-state index contributed by atoms with van der Waals surface area (Å²) in [5.74, 6) is -2.67. The van der Waals surface area contributed by atoms with Crippen LogP contribution in [0.4, 0.5) is 0 Å². The van der Waals surface area contributed by atoms with E-state index in [0.29, 0.717) is 0 Å². The van der Waals surface area contributed by atoms with Gasteiger partial charge in [0.2, 0.25) is 0 Å². The summed E-state index contributed by atoms with van der Waals surface area (Å²) in [4.78, 5) is 19.2. The number of carbonyl (C=O) groups excluding carboxylic acids is 2. The van der Waals surface area contributed by atoms with Crippen molar-refractivity contribution in [2.24, 2.45) is 11.8 Å². The van der Waals surface area contributed by atoms with Crippen LogP contribution < -0.4 is 10.2 Å². The summed E-state index contributed by atoms with van der Waals surface area (Å²) in [5.41, 5.74) is 0. The van der Waals surface area contributed by atoms with E-state index in [1.54, 1.807) is 27.7 Å². The first kappa shape index (κ1) is 18.4. The molecule has 0 fully saturated rings. The second-order valence-corrected chi connectivity index (χ2v) is 2.95. The Morgan fingerprint density at radius 3 is 0.923 bits per heavy atom.